The van der Waals surface area contributed by atoms with Crippen molar-refractivity contribution < 1.29 is 19.0 Å². The molecule has 80 valence electrons. The molecule has 4 heteroatoms. The van der Waals surface area contributed by atoms with E-state index in [1.165, 1.54) is 6.08 Å². The fraction of sp³-hybridized carbons (Fsp3) is 0.800. The number of aliphatic hydroxyl groups is 1. The summed E-state index contributed by atoms with van der Waals surface area (Å²) in [6.07, 6.45) is 0.524. The Balaban J connectivity index is 2.29. The maximum absolute atomic E-state index is 13.4. The van der Waals surface area contributed by atoms with E-state index in [1.54, 1.807) is 20.8 Å². The van der Waals surface area contributed by atoms with E-state index < -0.39 is 29.4 Å². The second-order valence-electron chi connectivity index (χ2n) is 4.31. The minimum Gasteiger partial charge on any atom is -0.380 e. The Morgan fingerprint density at radius 3 is 2.71 bits per heavy atom. The summed E-state index contributed by atoms with van der Waals surface area (Å²) in [6.45, 7) is 5.24. The molecule has 0 aromatic carbocycles. The van der Waals surface area contributed by atoms with Gasteiger partial charge in [-0.05, 0) is 26.3 Å². The number of hydrogen-bond acceptors (Lipinski definition) is 3. The van der Waals surface area contributed by atoms with E-state index in [0.29, 0.717) is 0 Å². The second kappa shape index (κ2) is 2.78. The third-order valence-corrected chi connectivity index (χ3v) is 2.86. The van der Waals surface area contributed by atoms with Crippen LogP contribution in [-0.2, 0) is 9.47 Å². The lowest BCUT2D eigenvalue weighted by molar-refractivity contribution is -0.169. The summed E-state index contributed by atoms with van der Waals surface area (Å²) in [4.78, 5) is 0. The van der Waals surface area contributed by atoms with Crippen LogP contribution in [0.1, 0.15) is 27.2 Å². The molecule has 0 spiro atoms. The smallest absolute Gasteiger partial charge is 0.164 e. The number of rotatable bonds is 1. The minimum absolute atomic E-state index is 0.288. The fourth-order valence-corrected chi connectivity index (χ4v) is 2.08. The summed E-state index contributed by atoms with van der Waals surface area (Å²) in [5.74, 6) is -1.28. The molecule has 1 saturated heterocycles. The van der Waals surface area contributed by atoms with Gasteiger partial charge in [0.25, 0.3) is 0 Å². The minimum atomic E-state index is -1.50. The molecule has 2 rings (SSSR count). The average molecular weight is 202 g/mol. The van der Waals surface area contributed by atoms with Crippen molar-refractivity contribution in [2.24, 2.45) is 0 Å². The van der Waals surface area contributed by atoms with Crippen molar-refractivity contribution in [2.75, 3.05) is 0 Å². The number of halogens is 1. The van der Waals surface area contributed by atoms with Crippen LogP contribution in [0.4, 0.5) is 4.39 Å². The Hall–Kier alpha value is -0.450. The zero-order chi connectivity index (χ0) is 10.6. The van der Waals surface area contributed by atoms with Crippen molar-refractivity contribution in [1.82, 2.24) is 0 Å². The first-order valence-corrected chi connectivity index (χ1v) is 4.85. The molecule has 1 heterocycles. The fourth-order valence-electron chi connectivity index (χ4n) is 2.08. The molecular weight excluding hydrogens is 187 g/mol. The maximum atomic E-state index is 13.4. The third-order valence-electron chi connectivity index (χ3n) is 2.86. The van der Waals surface area contributed by atoms with Crippen molar-refractivity contribution in [1.29, 1.82) is 0 Å². The molecule has 0 radical (unpaired) electrons. The van der Waals surface area contributed by atoms with Gasteiger partial charge < -0.3 is 14.6 Å². The quantitative estimate of drug-likeness (QED) is 0.700. The molecular formula is C10H15FO3. The number of hydrogen-bond donors (Lipinski definition) is 1. The average Bonchev–Trinajstić information content (AvgIpc) is 2.48. The Morgan fingerprint density at radius 2 is 2.14 bits per heavy atom. The molecule has 1 fully saturated rings. The number of fused-ring (bicyclic) bond motifs is 1. The Kier molecular flexibility index (Phi) is 2.00. The van der Waals surface area contributed by atoms with Crippen LogP contribution in [0, 0.1) is 0 Å². The van der Waals surface area contributed by atoms with E-state index >= 15 is 0 Å². The predicted molar refractivity (Wildman–Crippen MR) is 48.3 cm³/mol. The lowest BCUT2D eigenvalue weighted by Crippen LogP contribution is -2.43. The summed E-state index contributed by atoms with van der Waals surface area (Å²) in [5, 5.41) is 10.0. The molecule has 3 nitrogen and oxygen atoms in total. The zero-order valence-corrected chi connectivity index (χ0v) is 8.58. The van der Waals surface area contributed by atoms with Gasteiger partial charge in [-0.3, -0.25) is 0 Å². The highest BCUT2D eigenvalue weighted by Gasteiger charge is 2.57. The number of ether oxygens (including phenoxy) is 2. The van der Waals surface area contributed by atoms with Crippen molar-refractivity contribution in [3.8, 4) is 0 Å². The highest BCUT2D eigenvalue weighted by molar-refractivity contribution is 5.26. The molecule has 0 aromatic rings. The van der Waals surface area contributed by atoms with Gasteiger partial charge in [0.05, 0.1) is 0 Å². The molecule has 3 atom stereocenters. The first-order chi connectivity index (χ1) is 6.39. The Bertz CT molecular complexity index is 287. The normalized spacial score (nSPS) is 45.1. The topological polar surface area (TPSA) is 38.7 Å². The van der Waals surface area contributed by atoms with Gasteiger partial charge in [-0.25, -0.2) is 4.39 Å². The summed E-state index contributed by atoms with van der Waals surface area (Å²) in [6, 6.07) is 0. The summed E-state index contributed by atoms with van der Waals surface area (Å²) in [5.41, 5.74) is -1.50. The predicted octanol–water partition coefficient (Wildman–Crippen LogP) is 1.51. The monoisotopic (exact) mass is 202 g/mol. The van der Waals surface area contributed by atoms with Gasteiger partial charge in [0.15, 0.2) is 5.79 Å². The largest absolute Gasteiger partial charge is 0.380 e. The molecule has 1 aliphatic carbocycles. The Labute approximate surface area is 82.5 Å². The summed E-state index contributed by atoms with van der Waals surface area (Å²) in [7, 11) is 0. The molecule has 0 unspecified atom stereocenters. The van der Waals surface area contributed by atoms with Crippen molar-refractivity contribution in [3.63, 3.8) is 0 Å². The molecule has 0 saturated carbocycles. The van der Waals surface area contributed by atoms with E-state index in [1.807, 2.05) is 0 Å². The van der Waals surface area contributed by atoms with E-state index in [4.69, 9.17) is 9.47 Å². The molecule has 14 heavy (non-hydrogen) atoms. The molecule has 0 bridgehead atoms. The van der Waals surface area contributed by atoms with E-state index in [-0.39, 0.29) is 6.42 Å². The Morgan fingerprint density at radius 1 is 1.50 bits per heavy atom. The van der Waals surface area contributed by atoms with E-state index in [0.717, 1.165) is 0 Å². The molecule has 1 N–H and O–H groups in total. The molecule has 2 aliphatic rings. The molecule has 0 amide bonds. The van der Waals surface area contributed by atoms with Crippen LogP contribution in [0.5, 0.6) is 0 Å². The standard InChI is InChI=1S/C10H15FO3/c1-4-10(12)7(11)5-6-8(10)14-9(2,3)13-6/h5-6,8,12H,4H2,1-3H3/t6-,8-,10-/m0/s1. The van der Waals surface area contributed by atoms with Crippen LogP contribution < -0.4 is 0 Å². The van der Waals surface area contributed by atoms with Crippen LogP contribution >= 0.6 is 0 Å². The third kappa shape index (κ3) is 1.21. The van der Waals surface area contributed by atoms with Gasteiger partial charge in [-0.1, -0.05) is 6.92 Å². The maximum Gasteiger partial charge on any atom is 0.164 e. The summed E-state index contributed by atoms with van der Waals surface area (Å²) < 4.78 is 24.3. The van der Waals surface area contributed by atoms with Gasteiger partial charge in [0, 0.05) is 0 Å². The molecule has 1 aliphatic heterocycles. The van der Waals surface area contributed by atoms with Crippen LogP contribution in [0.3, 0.4) is 0 Å². The van der Waals surface area contributed by atoms with Crippen LogP contribution in [-0.4, -0.2) is 28.7 Å². The van der Waals surface area contributed by atoms with E-state index in [9.17, 15) is 9.50 Å². The van der Waals surface area contributed by atoms with Gasteiger partial charge in [0.1, 0.15) is 23.6 Å². The zero-order valence-electron chi connectivity index (χ0n) is 8.58. The highest BCUT2D eigenvalue weighted by atomic mass is 19.1. The molecule has 0 aromatic heterocycles. The van der Waals surface area contributed by atoms with Crippen LogP contribution in [0.15, 0.2) is 11.9 Å². The summed E-state index contributed by atoms with van der Waals surface area (Å²) >= 11 is 0. The lowest BCUT2D eigenvalue weighted by atomic mass is 9.96. The SMILES string of the molecule is CC[C@]1(O)C(F)=C[C@@H]2OC(C)(C)O[C@@H]21. The second-order valence-corrected chi connectivity index (χ2v) is 4.31. The van der Waals surface area contributed by atoms with Crippen LogP contribution in [0.2, 0.25) is 0 Å². The van der Waals surface area contributed by atoms with Crippen molar-refractivity contribution >= 4 is 0 Å². The first kappa shape index (κ1) is 10.1. The van der Waals surface area contributed by atoms with E-state index in [2.05, 4.69) is 0 Å². The van der Waals surface area contributed by atoms with Gasteiger partial charge in [-0.2, -0.15) is 0 Å². The van der Waals surface area contributed by atoms with Gasteiger partial charge in [-0.15, -0.1) is 0 Å². The highest BCUT2D eigenvalue weighted by Crippen LogP contribution is 2.45. The first-order valence-electron chi connectivity index (χ1n) is 4.85. The lowest BCUT2D eigenvalue weighted by Gasteiger charge is -2.28. The van der Waals surface area contributed by atoms with Gasteiger partial charge in [0.2, 0.25) is 0 Å². The van der Waals surface area contributed by atoms with Crippen LogP contribution in [0.25, 0.3) is 0 Å². The van der Waals surface area contributed by atoms with Crippen molar-refractivity contribution in [2.45, 2.75) is 50.8 Å². The van der Waals surface area contributed by atoms with Gasteiger partial charge >= 0.3 is 0 Å². The van der Waals surface area contributed by atoms with Crippen molar-refractivity contribution in [3.05, 3.63) is 11.9 Å².